The number of carboxylic acids is 1. The number of hydrogen-bond acceptors (Lipinski definition) is 5. The number of sulfonamides is 1. The maximum Gasteiger partial charge on any atom is 0.339 e. The molecule has 2 aliphatic heterocycles. The molecule has 0 spiro atoms. The first-order valence-electron chi connectivity index (χ1n) is 8.18. The molecule has 0 amide bonds. The highest BCUT2D eigenvalue weighted by molar-refractivity contribution is 7.92. The smallest absolute Gasteiger partial charge is 0.339 e. The average Bonchev–Trinajstić information content (AvgIpc) is 2.98. The van der Waals surface area contributed by atoms with Gasteiger partial charge in [0.15, 0.2) is 11.5 Å². The molecule has 2 heterocycles. The van der Waals surface area contributed by atoms with Crippen molar-refractivity contribution in [1.82, 2.24) is 0 Å². The first kappa shape index (κ1) is 16.7. The van der Waals surface area contributed by atoms with E-state index in [2.05, 4.69) is 0 Å². The second-order valence-electron chi connectivity index (χ2n) is 6.30. The van der Waals surface area contributed by atoms with Gasteiger partial charge in [-0.2, -0.15) is 0 Å². The lowest BCUT2D eigenvalue weighted by Crippen LogP contribution is -2.30. The number of carbonyl (C=O) groups is 1. The van der Waals surface area contributed by atoms with E-state index >= 15 is 0 Å². The summed E-state index contributed by atoms with van der Waals surface area (Å²) in [6.45, 7) is 2.72. The molecule has 0 saturated carbocycles. The van der Waals surface area contributed by atoms with Gasteiger partial charge in [-0.3, -0.25) is 4.31 Å². The van der Waals surface area contributed by atoms with Crippen LogP contribution in [-0.4, -0.2) is 39.3 Å². The zero-order valence-electron chi connectivity index (χ0n) is 14.0. The van der Waals surface area contributed by atoms with Crippen LogP contribution < -0.4 is 13.8 Å². The van der Waals surface area contributed by atoms with E-state index in [0.717, 1.165) is 11.6 Å². The number of ether oxygens (including phenoxy) is 2. The summed E-state index contributed by atoms with van der Waals surface area (Å²) in [6.07, 6.45) is 0. The zero-order chi connectivity index (χ0) is 18.5. The SMILES string of the molecule is CC1CN(S(=O)(=O)c2cc3c(c(C(=O)O)c2)OCCO3)c2ccccc21. The van der Waals surface area contributed by atoms with Gasteiger partial charge in [-0.15, -0.1) is 0 Å². The van der Waals surface area contributed by atoms with Gasteiger partial charge in [0.2, 0.25) is 0 Å². The molecule has 7 nitrogen and oxygen atoms in total. The number of hydrogen-bond donors (Lipinski definition) is 1. The molecule has 1 unspecified atom stereocenters. The monoisotopic (exact) mass is 375 g/mol. The molecule has 26 heavy (non-hydrogen) atoms. The predicted molar refractivity (Wildman–Crippen MR) is 93.8 cm³/mol. The van der Waals surface area contributed by atoms with Gasteiger partial charge >= 0.3 is 5.97 Å². The molecule has 2 aromatic carbocycles. The van der Waals surface area contributed by atoms with Crippen LogP contribution >= 0.6 is 0 Å². The van der Waals surface area contributed by atoms with Crippen molar-refractivity contribution in [3.63, 3.8) is 0 Å². The topological polar surface area (TPSA) is 93.1 Å². The number of fused-ring (bicyclic) bond motifs is 2. The highest BCUT2D eigenvalue weighted by Gasteiger charge is 2.36. The molecule has 0 fully saturated rings. The summed E-state index contributed by atoms with van der Waals surface area (Å²) in [5, 5.41) is 9.45. The van der Waals surface area contributed by atoms with Crippen molar-refractivity contribution in [3.8, 4) is 11.5 Å². The Labute approximate surface area is 150 Å². The van der Waals surface area contributed by atoms with E-state index in [1.165, 1.54) is 10.4 Å². The second-order valence-corrected chi connectivity index (χ2v) is 8.16. The lowest BCUT2D eigenvalue weighted by atomic mass is 10.0. The summed E-state index contributed by atoms with van der Waals surface area (Å²) >= 11 is 0. The summed E-state index contributed by atoms with van der Waals surface area (Å²) in [7, 11) is -3.94. The molecule has 0 radical (unpaired) electrons. The molecule has 1 N–H and O–H groups in total. The number of benzene rings is 2. The Morgan fingerprint density at radius 1 is 1.19 bits per heavy atom. The van der Waals surface area contributed by atoms with Crippen molar-refractivity contribution in [2.24, 2.45) is 0 Å². The minimum Gasteiger partial charge on any atom is -0.486 e. The van der Waals surface area contributed by atoms with Crippen molar-refractivity contribution < 1.29 is 27.8 Å². The third-order valence-corrected chi connectivity index (χ3v) is 6.37. The highest BCUT2D eigenvalue weighted by atomic mass is 32.2. The summed E-state index contributed by atoms with van der Waals surface area (Å²) < 4.78 is 38.6. The Morgan fingerprint density at radius 2 is 1.92 bits per heavy atom. The van der Waals surface area contributed by atoms with Gasteiger partial charge in [-0.05, 0) is 17.7 Å². The lowest BCUT2D eigenvalue weighted by Gasteiger charge is -2.23. The van der Waals surface area contributed by atoms with E-state index in [-0.39, 0.29) is 41.1 Å². The standard InChI is InChI=1S/C18H17NO6S/c1-11-10-19(15-5-3-2-4-13(11)15)26(22,23)12-8-14(18(20)21)17-16(9-12)24-6-7-25-17/h2-5,8-9,11H,6-7,10H2,1H3,(H,20,21). The van der Waals surface area contributed by atoms with Gasteiger partial charge in [-0.1, -0.05) is 25.1 Å². The van der Waals surface area contributed by atoms with Crippen molar-refractivity contribution in [1.29, 1.82) is 0 Å². The molecule has 1 atom stereocenters. The number of rotatable bonds is 3. The van der Waals surface area contributed by atoms with Crippen LogP contribution in [-0.2, 0) is 10.0 Å². The molecule has 0 saturated heterocycles. The fourth-order valence-electron chi connectivity index (χ4n) is 3.37. The fourth-order valence-corrected chi connectivity index (χ4v) is 4.99. The Kier molecular flexibility index (Phi) is 3.80. The fraction of sp³-hybridized carbons (Fsp3) is 0.278. The first-order valence-corrected chi connectivity index (χ1v) is 9.62. The molecule has 0 aromatic heterocycles. The zero-order valence-corrected chi connectivity index (χ0v) is 14.8. The maximum absolute atomic E-state index is 13.2. The number of aromatic carboxylic acids is 1. The van der Waals surface area contributed by atoms with Gasteiger partial charge in [0, 0.05) is 18.5 Å². The number of carboxylic acid groups (broad SMARTS) is 1. The molecule has 8 heteroatoms. The lowest BCUT2D eigenvalue weighted by molar-refractivity contribution is 0.0685. The van der Waals surface area contributed by atoms with Crippen LogP contribution in [0.2, 0.25) is 0 Å². The molecular weight excluding hydrogens is 358 g/mol. The summed E-state index contributed by atoms with van der Waals surface area (Å²) in [6, 6.07) is 9.79. The normalized spacial score (nSPS) is 18.5. The highest BCUT2D eigenvalue weighted by Crippen LogP contribution is 2.42. The number of anilines is 1. The van der Waals surface area contributed by atoms with Gasteiger partial charge in [-0.25, -0.2) is 13.2 Å². The number of nitrogens with zero attached hydrogens (tertiary/aromatic N) is 1. The van der Waals surface area contributed by atoms with Gasteiger partial charge in [0.25, 0.3) is 10.0 Å². The summed E-state index contributed by atoms with van der Waals surface area (Å²) in [5.41, 5.74) is 1.35. The molecule has 2 aliphatic rings. The third-order valence-electron chi connectivity index (χ3n) is 4.61. The molecule has 2 aromatic rings. The molecule has 0 aliphatic carbocycles. The second kappa shape index (κ2) is 5.91. The quantitative estimate of drug-likeness (QED) is 0.886. The van der Waals surface area contributed by atoms with Crippen molar-refractivity contribution in [3.05, 3.63) is 47.5 Å². The van der Waals surface area contributed by atoms with Gasteiger partial charge in [0.1, 0.15) is 18.8 Å². The van der Waals surface area contributed by atoms with Gasteiger partial charge < -0.3 is 14.6 Å². The van der Waals surface area contributed by atoms with Crippen molar-refractivity contribution in [2.75, 3.05) is 24.1 Å². The van der Waals surface area contributed by atoms with E-state index in [4.69, 9.17) is 9.47 Å². The predicted octanol–water partition coefficient (Wildman–Crippen LogP) is 2.47. The number of para-hydroxylation sites is 1. The van der Waals surface area contributed by atoms with Crippen LogP contribution in [0.4, 0.5) is 5.69 Å². The summed E-state index contributed by atoms with van der Waals surface area (Å²) in [4.78, 5) is 11.5. The van der Waals surface area contributed by atoms with E-state index in [9.17, 15) is 18.3 Å². The molecule has 4 rings (SSSR count). The van der Waals surface area contributed by atoms with E-state index in [1.54, 1.807) is 12.1 Å². The van der Waals surface area contributed by atoms with Crippen LogP contribution in [0.1, 0.15) is 28.8 Å². The largest absolute Gasteiger partial charge is 0.486 e. The minimum atomic E-state index is -3.94. The van der Waals surface area contributed by atoms with Crippen LogP contribution in [0, 0.1) is 0 Å². The third kappa shape index (κ3) is 2.48. The Morgan fingerprint density at radius 3 is 2.69 bits per heavy atom. The van der Waals surface area contributed by atoms with E-state index in [1.807, 2.05) is 19.1 Å². The van der Waals surface area contributed by atoms with E-state index < -0.39 is 16.0 Å². The van der Waals surface area contributed by atoms with Crippen molar-refractivity contribution >= 4 is 21.7 Å². The minimum absolute atomic E-state index is 0.0529. The Bertz CT molecular complexity index is 1000. The summed E-state index contributed by atoms with van der Waals surface area (Å²) in [5.74, 6) is -1.01. The Hall–Kier alpha value is -2.74. The average molecular weight is 375 g/mol. The van der Waals surface area contributed by atoms with E-state index in [0.29, 0.717) is 12.2 Å². The Balaban J connectivity index is 1.85. The van der Waals surface area contributed by atoms with Crippen LogP contribution in [0.3, 0.4) is 0 Å². The maximum atomic E-state index is 13.2. The van der Waals surface area contributed by atoms with Crippen LogP contribution in [0.15, 0.2) is 41.3 Å². The molecular formula is C18H17NO6S. The van der Waals surface area contributed by atoms with Crippen LogP contribution in [0.5, 0.6) is 11.5 Å². The molecule has 136 valence electrons. The molecule has 0 bridgehead atoms. The van der Waals surface area contributed by atoms with Gasteiger partial charge in [0.05, 0.1) is 10.6 Å². The van der Waals surface area contributed by atoms with Crippen LogP contribution in [0.25, 0.3) is 0 Å². The first-order chi connectivity index (χ1) is 12.4. The van der Waals surface area contributed by atoms with Crippen molar-refractivity contribution in [2.45, 2.75) is 17.7 Å².